The van der Waals surface area contributed by atoms with Gasteiger partial charge < -0.3 is 10.0 Å². The summed E-state index contributed by atoms with van der Waals surface area (Å²) in [6.07, 6.45) is 3.30. The molecule has 2 bridgehead atoms. The summed E-state index contributed by atoms with van der Waals surface area (Å²) in [4.78, 5) is 2.41. The first-order valence-electron chi connectivity index (χ1n) is 8.84. The second kappa shape index (κ2) is 5.77. The van der Waals surface area contributed by atoms with Gasteiger partial charge in [0.05, 0.1) is 0 Å². The molecule has 1 aromatic carbocycles. The SMILES string of the molecule is CCc1ccccc1C1(O)CN2CCC1CC2.c1cc2ccc1-2. The van der Waals surface area contributed by atoms with Crippen LogP contribution in [0.4, 0.5) is 0 Å². The smallest absolute Gasteiger partial charge is 0.105 e. The largest absolute Gasteiger partial charge is 0.384 e. The molecule has 2 heteroatoms. The van der Waals surface area contributed by atoms with Crippen molar-refractivity contribution < 1.29 is 5.11 Å². The topological polar surface area (TPSA) is 23.5 Å². The van der Waals surface area contributed by atoms with Crippen molar-refractivity contribution >= 4 is 0 Å². The number of hydrogen-bond acceptors (Lipinski definition) is 2. The van der Waals surface area contributed by atoms with E-state index < -0.39 is 5.60 Å². The van der Waals surface area contributed by atoms with Crippen LogP contribution in [0.15, 0.2) is 48.5 Å². The van der Waals surface area contributed by atoms with E-state index in [1.54, 1.807) is 0 Å². The quantitative estimate of drug-likeness (QED) is 0.778. The van der Waals surface area contributed by atoms with Gasteiger partial charge in [-0.15, -0.1) is 0 Å². The van der Waals surface area contributed by atoms with E-state index in [4.69, 9.17) is 0 Å². The van der Waals surface area contributed by atoms with Crippen LogP contribution < -0.4 is 0 Å². The Morgan fingerprint density at radius 3 is 2.04 bits per heavy atom. The molecule has 0 radical (unpaired) electrons. The fraction of sp³-hybridized carbons (Fsp3) is 0.429. The molecule has 23 heavy (non-hydrogen) atoms. The van der Waals surface area contributed by atoms with E-state index in [0.717, 1.165) is 25.8 Å². The second-order valence-electron chi connectivity index (χ2n) is 7.06. The monoisotopic (exact) mass is 307 g/mol. The van der Waals surface area contributed by atoms with E-state index in [0.29, 0.717) is 5.92 Å². The molecule has 0 saturated carbocycles. The van der Waals surface area contributed by atoms with Crippen molar-refractivity contribution in [2.75, 3.05) is 19.6 Å². The third kappa shape index (κ3) is 2.50. The van der Waals surface area contributed by atoms with Gasteiger partial charge in [0.25, 0.3) is 0 Å². The van der Waals surface area contributed by atoms with Crippen LogP contribution in [0.2, 0.25) is 0 Å². The normalized spacial score (nSPS) is 29.7. The molecule has 3 heterocycles. The Hall–Kier alpha value is -1.64. The molecule has 6 rings (SSSR count). The van der Waals surface area contributed by atoms with Crippen molar-refractivity contribution in [3.8, 4) is 11.1 Å². The zero-order valence-corrected chi connectivity index (χ0v) is 13.8. The summed E-state index contributed by atoms with van der Waals surface area (Å²) in [5.41, 5.74) is 4.74. The summed E-state index contributed by atoms with van der Waals surface area (Å²) in [7, 11) is 0. The molecular weight excluding hydrogens is 282 g/mol. The number of aliphatic hydroxyl groups is 1. The van der Waals surface area contributed by atoms with Gasteiger partial charge in [-0.05, 0) is 60.5 Å². The van der Waals surface area contributed by atoms with Crippen molar-refractivity contribution in [3.63, 3.8) is 0 Å². The minimum atomic E-state index is -0.594. The lowest BCUT2D eigenvalue weighted by atomic mass is 9.70. The number of rotatable bonds is 2. The van der Waals surface area contributed by atoms with Crippen molar-refractivity contribution in [2.45, 2.75) is 31.8 Å². The number of nitrogens with zero attached hydrogens (tertiary/aromatic N) is 1. The molecule has 0 aromatic heterocycles. The van der Waals surface area contributed by atoms with Crippen molar-refractivity contribution in [3.05, 3.63) is 59.7 Å². The first-order chi connectivity index (χ1) is 11.2. The zero-order chi connectivity index (χ0) is 15.9. The Labute approximate surface area is 138 Å². The molecule has 5 aliphatic rings. The van der Waals surface area contributed by atoms with Crippen LogP contribution in [0.25, 0.3) is 11.1 Å². The summed E-state index contributed by atoms with van der Waals surface area (Å²) in [6.45, 7) is 5.33. The molecule has 1 aromatic rings. The van der Waals surface area contributed by atoms with Gasteiger partial charge in [-0.3, -0.25) is 0 Å². The molecule has 3 aliphatic heterocycles. The first kappa shape index (κ1) is 14.9. The molecule has 1 unspecified atom stereocenters. The van der Waals surface area contributed by atoms with E-state index in [1.807, 2.05) is 0 Å². The fourth-order valence-electron chi connectivity index (χ4n) is 4.26. The molecule has 1 atom stereocenters. The predicted molar refractivity (Wildman–Crippen MR) is 94.3 cm³/mol. The number of hydrogen-bond donors (Lipinski definition) is 1. The minimum absolute atomic E-state index is 0.459. The molecular formula is C21H25NO. The van der Waals surface area contributed by atoms with Crippen LogP contribution >= 0.6 is 0 Å². The van der Waals surface area contributed by atoms with E-state index in [2.05, 4.69) is 60.4 Å². The maximum absolute atomic E-state index is 11.1. The number of fused-ring (bicyclic) bond motifs is 4. The predicted octanol–water partition coefficient (Wildman–Crippen LogP) is 3.83. The summed E-state index contributed by atoms with van der Waals surface area (Å²) < 4.78 is 0. The Morgan fingerprint density at radius 2 is 1.61 bits per heavy atom. The fourth-order valence-corrected chi connectivity index (χ4v) is 4.26. The minimum Gasteiger partial charge on any atom is -0.384 e. The number of piperidine rings is 3. The summed E-state index contributed by atoms with van der Waals surface area (Å²) >= 11 is 0. The number of aryl methyl sites for hydroxylation is 1. The zero-order valence-electron chi connectivity index (χ0n) is 13.8. The molecule has 0 spiro atoms. The Balaban J connectivity index is 0.000000186. The van der Waals surface area contributed by atoms with Gasteiger partial charge in [-0.1, -0.05) is 55.5 Å². The molecule has 120 valence electrons. The molecule has 2 aliphatic carbocycles. The third-order valence-electron chi connectivity index (χ3n) is 5.81. The van der Waals surface area contributed by atoms with Crippen LogP contribution in [0.5, 0.6) is 0 Å². The summed E-state index contributed by atoms with van der Waals surface area (Å²) in [6, 6.07) is 16.9. The van der Waals surface area contributed by atoms with Crippen LogP contribution in [0.3, 0.4) is 0 Å². The van der Waals surface area contributed by atoms with Gasteiger partial charge in [0.2, 0.25) is 0 Å². The van der Waals surface area contributed by atoms with Gasteiger partial charge in [-0.2, -0.15) is 0 Å². The number of benzene rings is 2. The average Bonchev–Trinajstić information content (AvgIpc) is 2.59. The standard InChI is InChI=1S/C15H21NO.C6H4/c1-2-12-5-3-4-6-14(12)15(17)11-16-9-7-13(15)8-10-16;1-2-6-4-3-5(1)6/h3-6,13,17H,2,7-11H2,1H3;1-4H. The van der Waals surface area contributed by atoms with E-state index in [9.17, 15) is 5.11 Å². The van der Waals surface area contributed by atoms with Gasteiger partial charge in [0.1, 0.15) is 5.60 Å². The summed E-state index contributed by atoms with van der Waals surface area (Å²) in [5.74, 6) is 0.459. The van der Waals surface area contributed by atoms with Gasteiger partial charge >= 0.3 is 0 Å². The van der Waals surface area contributed by atoms with Crippen LogP contribution in [0, 0.1) is 5.92 Å². The average molecular weight is 307 g/mol. The third-order valence-corrected chi connectivity index (χ3v) is 5.81. The van der Waals surface area contributed by atoms with Crippen LogP contribution in [-0.2, 0) is 12.0 Å². The molecule has 0 amide bonds. The summed E-state index contributed by atoms with van der Waals surface area (Å²) in [5, 5.41) is 11.1. The van der Waals surface area contributed by atoms with Gasteiger partial charge in [0.15, 0.2) is 0 Å². The van der Waals surface area contributed by atoms with Crippen molar-refractivity contribution in [1.29, 1.82) is 0 Å². The van der Waals surface area contributed by atoms with E-state index in [-0.39, 0.29) is 0 Å². The van der Waals surface area contributed by atoms with Gasteiger partial charge in [-0.25, -0.2) is 0 Å². The lowest BCUT2D eigenvalue weighted by molar-refractivity contribution is -0.118. The molecule has 2 nitrogen and oxygen atoms in total. The van der Waals surface area contributed by atoms with Crippen LogP contribution in [-0.4, -0.2) is 29.6 Å². The van der Waals surface area contributed by atoms with Crippen LogP contribution in [0.1, 0.15) is 30.9 Å². The van der Waals surface area contributed by atoms with Crippen molar-refractivity contribution in [2.24, 2.45) is 5.92 Å². The molecule has 3 fully saturated rings. The Kier molecular flexibility index (Phi) is 3.74. The Morgan fingerprint density at radius 1 is 1.00 bits per heavy atom. The molecule has 1 N–H and O–H groups in total. The highest BCUT2D eigenvalue weighted by atomic mass is 16.3. The van der Waals surface area contributed by atoms with Crippen molar-refractivity contribution in [1.82, 2.24) is 4.90 Å². The lowest BCUT2D eigenvalue weighted by Gasteiger charge is -2.51. The first-order valence-corrected chi connectivity index (χ1v) is 8.84. The Bertz CT molecular complexity index is 664. The van der Waals surface area contributed by atoms with E-state index in [1.165, 1.54) is 35.3 Å². The molecule has 3 saturated heterocycles. The maximum Gasteiger partial charge on any atom is 0.105 e. The maximum atomic E-state index is 11.1. The van der Waals surface area contributed by atoms with E-state index >= 15 is 0 Å². The van der Waals surface area contributed by atoms with Gasteiger partial charge in [0, 0.05) is 6.54 Å². The highest BCUT2D eigenvalue weighted by Crippen LogP contribution is 2.43. The highest BCUT2D eigenvalue weighted by molar-refractivity contribution is 5.75. The lowest BCUT2D eigenvalue weighted by Crippen LogP contribution is -2.57. The highest BCUT2D eigenvalue weighted by Gasteiger charge is 2.47. The second-order valence-corrected chi connectivity index (χ2v) is 7.06.